The lowest BCUT2D eigenvalue weighted by atomic mass is 9.76. The molecule has 2 rings (SSSR count). The summed E-state index contributed by atoms with van der Waals surface area (Å²) in [5.74, 6) is 5.60. The third-order valence-corrected chi connectivity index (χ3v) is 5.72. The predicted molar refractivity (Wildman–Crippen MR) is 84.3 cm³/mol. The van der Waals surface area contributed by atoms with E-state index in [-0.39, 0.29) is 17.0 Å². The van der Waals surface area contributed by atoms with Gasteiger partial charge in [0.2, 0.25) is 10.0 Å². The Kier molecular flexibility index (Phi) is 4.72. The molecule has 0 aromatic heterocycles. The smallest absolute Gasteiger partial charge is 0.242 e. The highest BCUT2D eigenvalue weighted by molar-refractivity contribution is 7.89. The molecular formula is C16H22N2O2S. The minimum Gasteiger partial charge on any atom is -0.320 e. The second-order valence-corrected chi connectivity index (χ2v) is 7.25. The van der Waals surface area contributed by atoms with Gasteiger partial charge in [-0.1, -0.05) is 24.8 Å². The van der Waals surface area contributed by atoms with Crippen LogP contribution in [0, 0.1) is 18.8 Å². The molecule has 0 spiro atoms. The number of hydrogen-bond acceptors (Lipinski definition) is 3. The van der Waals surface area contributed by atoms with E-state index in [1.165, 1.54) is 0 Å². The van der Waals surface area contributed by atoms with Crippen LogP contribution in [0.1, 0.15) is 43.7 Å². The number of aryl methyl sites for hydroxylation is 1. The molecule has 0 saturated heterocycles. The number of hydrogen-bond donors (Lipinski definition) is 2. The van der Waals surface area contributed by atoms with Crippen LogP contribution in [-0.2, 0) is 10.0 Å². The molecule has 0 radical (unpaired) electrons. The summed E-state index contributed by atoms with van der Waals surface area (Å²) in [5.41, 5.74) is 6.60. The van der Waals surface area contributed by atoms with Gasteiger partial charge >= 0.3 is 0 Å². The first kappa shape index (κ1) is 16.0. The third kappa shape index (κ3) is 3.46. The average molecular weight is 306 g/mol. The highest BCUT2D eigenvalue weighted by atomic mass is 32.2. The molecule has 0 unspecified atom stereocenters. The molecule has 0 atom stereocenters. The second-order valence-electron chi connectivity index (χ2n) is 5.60. The highest BCUT2D eigenvalue weighted by Gasteiger charge is 2.39. The molecular weight excluding hydrogens is 284 g/mol. The lowest BCUT2D eigenvalue weighted by Gasteiger charge is -2.41. The molecule has 4 nitrogen and oxygen atoms in total. The van der Waals surface area contributed by atoms with E-state index >= 15 is 0 Å². The zero-order valence-corrected chi connectivity index (χ0v) is 13.4. The van der Waals surface area contributed by atoms with Crippen molar-refractivity contribution in [3.8, 4) is 11.8 Å². The molecule has 0 amide bonds. The Bertz CT molecular complexity index is 674. The Balaban J connectivity index is 2.40. The second kappa shape index (κ2) is 6.18. The fraction of sp³-hybridized carbons (Fsp3) is 0.500. The fourth-order valence-electron chi connectivity index (χ4n) is 2.59. The van der Waals surface area contributed by atoms with Gasteiger partial charge < -0.3 is 5.73 Å². The monoisotopic (exact) mass is 306 g/mol. The highest BCUT2D eigenvalue weighted by Crippen LogP contribution is 2.36. The summed E-state index contributed by atoms with van der Waals surface area (Å²) in [7, 11) is -3.56. The van der Waals surface area contributed by atoms with E-state index in [4.69, 9.17) is 5.73 Å². The van der Waals surface area contributed by atoms with E-state index in [1.807, 2.05) is 13.8 Å². The maximum Gasteiger partial charge on any atom is 0.242 e. The first-order chi connectivity index (χ1) is 9.92. The zero-order chi connectivity index (χ0) is 15.5. The largest absolute Gasteiger partial charge is 0.320 e. The quantitative estimate of drug-likeness (QED) is 0.835. The van der Waals surface area contributed by atoms with Crippen LogP contribution in [0.15, 0.2) is 23.1 Å². The molecule has 0 heterocycles. The van der Waals surface area contributed by atoms with Gasteiger partial charge in [-0.3, -0.25) is 0 Å². The van der Waals surface area contributed by atoms with Crippen molar-refractivity contribution in [2.45, 2.75) is 50.0 Å². The number of rotatable bonds is 4. The molecule has 1 aliphatic carbocycles. The summed E-state index contributed by atoms with van der Waals surface area (Å²) in [6, 6.07) is 5.21. The van der Waals surface area contributed by atoms with Crippen molar-refractivity contribution >= 4 is 10.0 Å². The fourth-order valence-corrected chi connectivity index (χ4v) is 4.27. The first-order valence-electron chi connectivity index (χ1n) is 7.26. The summed E-state index contributed by atoms with van der Waals surface area (Å²) in [6.45, 7) is 4.14. The molecule has 1 aromatic rings. The van der Waals surface area contributed by atoms with Gasteiger partial charge in [-0.25, -0.2) is 13.1 Å². The minimum atomic E-state index is -3.56. The van der Waals surface area contributed by atoms with Crippen LogP contribution in [0.25, 0.3) is 0 Å². The van der Waals surface area contributed by atoms with Crippen molar-refractivity contribution in [3.05, 3.63) is 29.3 Å². The van der Waals surface area contributed by atoms with Crippen LogP contribution in [0.5, 0.6) is 0 Å². The number of nitrogens with one attached hydrogen (secondary N) is 1. The van der Waals surface area contributed by atoms with Crippen LogP contribution in [0.4, 0.5) is 0 Å². The maximum atomic E-state index is 12.7. The van der Waals surface area contributed by atoms with Gasteiger partial charge in [0.15, 0.2) is 0 Å². The number of nitrogens with two attached hydrogens (primary N) is 1. The number of sulfonamides is 1. The molecule has 21 heavy (non-hydrogen) atoms. The Morgan fingerprint density at radius 1 is 1.38 bits per heavy atom. The summed E-state index contributed by atoms with van der Waals surface area (Å²) >= 11 is 0. The molecule has 1 fully saturated rings. The van der Waals surface area contributed by atoms with E-state index in [0.29, 0.717) is 5.56 Å². The Morgan fingerprint density at radius 2 is 2.10 bits per heavy atom. The van der Waals surface area contributed by atoms with E-state index in [0.717, 1.165) is 31.2 Å². The minimum absolute atomic E-state index is 0.208. The molecule has 0 bridgehead atoms. The summed E-state index contributed by atoms with van der Waals surface area (Å²) < 4.78 is 28.3. The molecule has 0 aliphatic heterocycles. The molecule has 3 N–H and O–H groups in total. The zero-order valence-electron chi connectivity index (χ0n) is 12.6. The molecule has 1 saturated carbocycles. The maximum absolute atomic E-state index is 12.7. The molecule has 5 heteroatoms. The third-order valence-electron chi connectivity index (χ3n) is 4.09. The molecule has 1 aromatic carbocycles. The van der Waals surface area contributed by atoms with Crippen LogP contribution >= 0.6 is 0 Å². The lowest BCUT2D eigenvalue weighted by molar-refractivity contribution is 0.214. The van der Waals surface area contributed by atoms with Gasteiger partial charge in [0.1, 0.15) is 0 Å². The normalized spacial score (nSPS) is 16.7. The van der Waals surface area contributed by atoms with Crippen LogP contribution in [0.2, 0.25) is 0 Å². The van der Waals surface area contributed by atoms with Gasteiger partial charge in [0.05, 0.1) is 11.4 Å². The van der Waals surface area contributed by atoms with Crippen molar-refractivity contribution in [1.29, 1.82) is 0 Å². The topological polar surface area (TPSA) is 72.2 Å². The molecule has 1 aliphatic rings. The van der Waals surface area contributed by atoms with Crippen molar-refractivity contribution in [2.75, 3.05) is 6.54 Å². The van der Waals surface area contributed by atoms with Crippen molar-refractivity contribution in [1.82, 2.24) is 4.72 Å². The van der Waals surface area contributed by atoms with E-state index in [9.17, 15) is 8.42 Å². The summed E-state index contributed by atoms with van der Waals surface area (Å²) in [4.78, 5) is 0.244. The summed E-state index contributed by atoms with van der Waals surface area (Å²) in [6.07, 6.45) is 3.68. The van der Waals surface area contributed by atoms with Gasteiger partial charge in [0, 0.05) is 11.1 Å². The Labute approximate surface area is 127 Å². The predicted octanol–water partition coefficient (Wildman–Crippen LogP) is 1.92. The van der Waals surface area contributed by atoms with Crippen molar-refractivity contribution in [2.24, 2.45) is 5.73 Å². The number of benzene rings is 1. The first-order valence-corrected chi connectivity index (χ1v) is 8.74. The van der Waals surface area contributed by atoms with E-state index < -0.39 is 10.0 Å². The van der Waals surface area contributed by atoms with Crippen molar-refractivity contribution in [3.63, 3.8) is 0 Å². The van der Waals surface area contributed by atoms with Crippen LogP contribution < -0.4 is 10.5 Å². The van der Waals surface area contributed by atoms with Gasteiger partial charge in [-0.05, 0) is 50.3 Å². The SMILES string of the molecule is CCC1(NS(=O)(=O)c2ccc(C)cc2C#CCN)CCC1. The van der Waals surface area contributed by atoms with Gasteiger partial charge in [-0.2, -0.15) is 0 Å². The van der Waals surface area contributed by atoms with E-state index in [1.54, 1.807) is 18.2 Å². The average Bonchev–Trinajstić information content (AvgIpc) is 2.40. The van der Waals surface area contributed by atoms with Gasteiger partial charge in [0.25, 0.3) is 0 Å². The Hall–Kier alpha value is -1.35. The van der Waals surface area contributed by atoms with E-state index in [2.05, 4.69) is 16.6 Å². The summed E-state index contributed by atoms with van der Waals surface area (Å²) in [5, 5.41) is 0. The standard InChI is InChI=1S/C16H22N2O2S/c1-3-16(9-5-10-16)18-21(19,20)15-8-7-13(2)12-14(15)6-4-11-17/h7-8,12,18H,3,5,9-11,17H2,1-2H3. The van der Waals surface area contributed by atoms with Crippen LogP contribution in [-0.4, -0.2) is 20.5 Å². The molecule has 114 valence electrons. The van der Waals surface area contributed by atoms with Gasteiger partial charge in [-0.15, -0.1) is 0 Å². The lowest BCUT2D eigenvalue weighted by Crippen LogP contribution is -2.52. The van der Waals surface area contributed by atoms with Crippen LogP contribution in [0.3, 0.4) is 0 Å². The van der Waals surface area contributed by atoms with Crippen molar-refractivity contribution < 1.29 is 8.42 Å². The Morgan fingerprint density at radius 3 is 2.62 bits per heavy atom.